The fourth-order valence-corrected chi connectivity index (χ4v) is 5.05. The summed E-state index contributed by atoms with van der Waals surface area (Å²) in [5.74, 6) is 0.147. The molecule has 0 aliphatic carbocycles. The van der Waals surface area contributed by atoms with Gasteiger partial charge in [0.25, 0.3) is 5.91 Å². The minimum absolute atomic E-state index is 0.0474. The standard InChI is InChI=1S/C26H32N2O3/c1-27(2)25(30)26(14-8-15-28(19-26)24(29)23-13-7-16-31-23)18-20-9-6-12-22(17-20)21-10-4-3-5-11-21/h3-6,9-12,17,23H,7-8,13-16,18-19H2,1-2H3. The molecule has 2 heterocycles. The lowest BCUT2D eigenvalue weighted by Gasteiger charge is -2.43. The first-order chi connectivity index (χ1) is 15.0. The van der Waals surface area contributed by atoms with Crippen molar-refractivity contribution in [1.82, 2.24) is 9.80 Å². The number of piperidine rings is 1. The minimum atomic E-state index is -0.606. The number of likely N-dealkylation sites (tertiary alicyclic amines) is 1. The number of carbonyl (C=O) groups is 2. The largest absolute Gasteiger partial charge is 0.368 e. The van der Waals surface area contributed by atoms with Gasteiger partial charge in [-0.05, 0) is 48.8 Å². The monoisotopic (exact) mass is 420 g/mol. The first-order valence-electron chi connectivity index (χ1n) is 11.2. The summed E-state index contributed by atoms with van der Waals surface area (Å²) >= 11 is 0. The van der Waals surface area contributed by atoms with Crippen molar-refractivity contribution in [3.63, 3.8) is 0 Å². The van der Waals surface area contributed by atoms with Crippen molar-refractivity contribution in [1.29, 1.82) is 0 Å². The minimum Gasteiger partial charge on any atom is -0.368 e. The molecule has 2 unspecified atom stereocenters. The van der Waals surface area contributed by atoms with Crippen LogP contribution < -0.4 is 0 Å². The van der Waals surface area contributed by atoms with E-state index in [0.29, 0.717) is 26.1 Å². The Morgan fingerprint density at radius 3 is 2.55 bits per heavy atom. The Hall–Kier alpha value is -2.66. The van der Waals surface area contributed by atoms with E-state index in [0.717, 1.165) is 42.4 Å². The zero-order valence-corrected chi connectivity index (χ0v) is 18.5. The maximum absolute atomic E-state index is 13.4. The second-order valence-electron chi connectivity index (χ2n) is 9.09. The highest BCUT2D eigenvalue weighted by molar-refractivity contribution is 5.86. The number of ether oxygens (including phenoxy) is 1. The highest BCUT2D eigenvalue weighted by Gasteiger charge is 2.45. The number of benzene rings is 2. The van der Waals surface area contributed by atoms with Gasteiger partial charge in [-0.15, -0.1) is 0 Å². The molecule has 0 saturated carbocycles. The van der Waals surface area contributed by atoms with Gasteiger partial charge in [-0.3, -0.25) is 9.59 Å². The zero-order valence-electron chi connectivity index (χ0n) is 18.5. The molecule has 0 N–H and O–H groups in total. The number of hydrogen-bond acceptors (Lipinski definition) is 3. The summed E-state index contributed by atoms with van der Waals surface area (Å²) in [6.07, 6.45) is 3.61. The molecule has 0 spiro atoms. The molecule has 2 aliphatic rings. The molecule has 2 fully saturated rings. The Morgan fingerprint density at radius 1 is 1.06 bits per heavy atom. The predicted molar refractivity (Wildman–Crippen MR) is 121 cm³/mol. The van der Waals surface area contributed by atoms with Crippen molar-refractivity contribution in [3.05, 3.63) is 60.2 Å². The highest BCUT2D eigenvalue weighted by atomic mass is 16.5. The number of amides is 2. The van der Waals surface area contributed by atoms with E-state index in [1.54, 1.807) is 4.90 Å². The van der Waals surface area contributed by atoms with E-state index in [1.807, 2.05) is 37.2 Å². The van der Waals surface area contributed by atoms with Crippen LogP contribution in [-0.2, 0) is 20.7 Å². The highest BCUT2D eigenvalue weighted by Crippen LogP contribution is 2.37. The van der Waals surface area contributed by atoms with Crippen molar-refractivity contribution in [3.8, 4) is 11.1 Å². The van der Waals surface area contributed by atoms with Crippen molar-refractivity contribution in [2.75, 3.05) is 33.8 Å². The van der Waals surface area contributed by atoms with Gasteiger partial charge in [-0.1, -0.05) is 54.6 Å². The second kappa shape index (κ2) is 9.23. The maximum Gasteiger partial charge on any atom is 0.251 e. The van der Waals surface area contributed by atoms with Crippen molar-refractivity contribution < 1.29 is 14.3 Å². The van der Waals surface area contributed by atoms with Crippen LogP contribution in [0, 0.1) is 5.41 Å². The van der Waals surface area contributed by atoms with Gasteiger partial charge in [0.1, 0.15) is 6.10 Å². The van der Waals surface area contributed by atoms with Crippen LogP contribution in [0.3, 0.4) is 0 Å². The van der Waals surface area contributed by atoms with E-state index in [1.165, 1.54) is 0 Å². The Bertz CT molecular complexity index is 921. The van der Waals surface area contributed by atoms with Gasteiger partial charge >= 0.3 is 0 Å². The number of rotatable bonds is 5. The van der Waals surface area contributed by atoms with Crippen molar-refractivity contribution >= 4 is 11.8 Å². The summed E-state index contributed by atoms with van der Waals surface area (Å²) in [7, 11) is 3.62. The Kier molecular flexibility index (Phi) is 6.42. The smallest absolute Gasteiger partial charge is 0.251 e. The van der Waals surface area contributed by atoms with Crippen LogP contribution >= 0.6 is 0 Å². The van der Waals surface area contributed by atoms with Crippen LogP contribution in [0.4, 0.5) is 0 Å². The summed E-state index contributed by atoms with van der Waals surface area (Å²) in [6.45, 7) is 1.81. The molecule has 0 radical (unpaired) electrons. The Labute approximate surface area is 185 Å². The quantitative estimate of drug-likeness (QED) is 0.740. The first-order valence-corrected chi connectivity index (χ1v) is 11.2. The van der Waals surface area contributed by atoms with Crippen LogP contribution in [-0.4, -0.2) is 61.5 Å². The van der Waals surface area contributed by atoms with Crippen molar-refractivity contribution in [2.45, 2.75) is 38.2 Å². The summed E-state index contributed by atoms with van der Waals surface area (Å²) in [5.41, 5.74) is 2.83. The van der Waals surface area contributed by atoms with Gasteiger partial charge in [0.15, 0.2) is 0 Å². The molecule has 4 rings (SSSR count). The third kappa shape index (κ3) is 4.67. The molecule has 31 heavy (non-hydrogen) atoms. The second-order valence-corrected chi connectivity index (χ2v) is 9.09. The van der Waals surface area contributed by atoms with Gasteiger partial charge in [0.05, 0.1) is 5.41 Å². The molecule has 0 bridgehead atoms. The average molecular weight is 421 g/mol. The first kappa shape index (κ1) is 21.6. The van der Waals surface area contributed by atoms with E-state index >= 15 is 0 Å². The van der Waals surface area contributed by atoms with Gasteiger partial charge in [0.2, 0.25) is 5.91 Å². The van der Waals surface area contributed by atoms with E-state index in [2.05, 4.69) is 36.4 Å². The Balaban J connectivity index is 1.61. The molecule has 5 nitrogen and oxygen atoms in total. The van der Waals surface area contributed by atoms with Gasteiger partial charge in [0, 0.05) is 33.8 Å². The normalized spacial score (nSPS) is 23.5. The lowest BCUT2D eigenvalue weighted by Crippen LogP contribution is -2.55. The lowest BCUT2D eigenvalue weighted by molar-refractivity contribution is -0.151. The summed E-state index contributed by atoms with van der Waals surface area (Å²) in [4.78, 5) is 30.0. The lowest BCUT2D eigenvalue weighted by atomic mass is 9.73. The molecular weight excluding hydrogens is 388 g/mol. The number of hydrogen-bond donors (Lipinski definition) is 0. The van der Waals surface area contributed by atoms with Crippen molar-refractivity contribution in [2.24, 2.45) is 5.41 Å². The van der Waals surface area contributed by atoms with Crippen LogP contribution in [0.5, 0.6) is 0 Å². The van der Waals surface area contributed by atoms with Crippen LogP contribution in [0.25, 0.3) is 11.1 Å². The fraction of sp³-hybridized carbons (Fsp3) is 0.462. The summed E-state index contributed by atoms with van der Waals surface area (Å²) in [5, 5.41) is 0. The average Bonchev–Trinajstić information content (AvgIpc) is 3.34. The summed E-state index contributed by atoms with van der Waals surface area (Å²) < 4.78 is 5.64. The topological polar surface area (TPSA) is 49.9 Å². The molecule has 2 aliphatic heterocycles. The third-order valence-corrected chi connectivity index (χ3v) is 6.53. The van der Waals surface area contributed by atoms with Gasteiger partial charge in [-0.25, -0.2) is 0 Å². The van der Waals surface area contributed by atoms with Crippen LogP contribution in [0.15, 0.2) is 54.6 Å². The fourth-order valence-electron chi connectivity index (χ4n) is 5.05. The van der Waals surface area contributed by atoms with E-state index in [9.17, 15) is 9.59 Å². The SMILES string of the molecule is CN(C)C(=O)C1(Cc2cccc(-c3ccccc3)c2)CCCN(C(=O)C2CCCO2)C1. The maximum atomic E-state index is 13.4. The Morgan fingerprint density at radius 2 is 1.84 bits per heavy atom. The number of carbonyl (C=O) groups excluding carboxylic acids is 2. The molecule has 2 atom stereocenters. The molecule has 2 aromatic rings. The molecular formula is C26H32N2O3. The van der Waals surface area contributed by atoms with Crippen LogP contribution in [0.2, 0.25) is 0 Å². The van der Waals surface area contributed by atoms with E-state index in [4.69, 9.17) is 4.74 Å². The zero-order chi connectivity index (χ0) is 21.8. The third-order valence-electron chi connectivity index (χ3n) is 6.53. The van der Waals surface area contributed by atoms with E-state index in [-0.39, 0.29) is 17.9 Å². The molecule has 2 saturated heterocycles. The molecule has 164 valence electrons. The van der Waals surface area contributed by atoms with Gasteiger partial charge in [-0.2, -0.15) is 0 Å². The predicted octanol–water partition coefficient (Wildman–Crippen LogP) is 3.77. The van der Waals surface area contributed by atoms with Gasteiger partial charge < -0.3 is 14.5 Å². The molecule has 2 aromatic carbocycles. The molecule has 5 heteroatoms. The number of nitrogens with zero attached hydrogens (tertiary/aromatic N) is 2. The summed E-state index contributed by atoms with van der Waals surface area (Å²) in [6, 6.07) is 18.7. The van der Waals surface area contributed by atoms with E-state index < -0.39 is 5.41 Å². The van der Waals surface area contributed by atoms with Crippen LogP contribution in [0.1, 0.15) is 31.2 Å². The molecule has 0 aromatic heterocycles. The molecule has 2 amide bonds.